The number of aromatic amines is 4. The van der Waals surface area contributed by atoms with Crippen LogP contribution in [0.2, 0.25) is 0 Å². The highest BCUT2D eigenvalue weighted by Crippen LogP contribution is 2.41. The first-order valence-corrected chi connectivity index (χ1v) is 38.6. The molecule has 19 N–H and O–H groups in total. The van der Waals surface area contributed by atoms with Crippen molar-refractivity contribution < 1.29 is 36.5 Å². The third-order valence-corrected chi connectivity index (χ3v) is 21.1. The number of aromatic nitrogens is 10. The van der Waals surface area contributed by atoms with Crippen LogP contribution < -0.4 is 53.3 Å². The predicted octanol–water partition coefficient (Wildman–Crippen LogP) is 20.7. The van der Waals surface area contributed by atoms with E-state index in [2.05, 4.69) is 111 Å². The molecule has 123 heavy (non-hydrogen) atoms. The number of H-pyrrole nitrogens is 4. The normalized spacial score (nSPS) is 11.3. The van der Waals surface area contributed by atoms with Gasteiger partial charge in [-0.15, -0.1) is 11.3 Å². The van der Waals surface area contributed by atoms with Gasteiger partial charge < -0.3 is 77.9 Å². The summed E-state index contributed by atoms with van der Waals surface area (Å²) in [6.07, 6.45) is -4.87. The monoisotopic (exact) mass is 1660 g/mol. The number of benzene rings is 12. The van der Waals surface area contributed by atoms with Gasteiger partial charge in [-0.1, -0.05) is 93.9 Å². The molecule has 0 aliphatic heterocycles. The van der Waals surface area contributed by atoms with Crippen molar-refractivity contribution in [3.05, 3.63) is 326 Å². The lowest BCUT2D eigenvalue weighted by Gasteiger charge is -2.26. The Morgan fingerprint density at radius 3 is 1.08 bits per heavy atom. The van der Waals surface area contributed by atoms with Gasteiger partial charge in [0, 0.05) is 68.0 Å². The fraction of sp³-hybridized carbons (Fsp3) is 0.0526. The number of halogens is 4. The Kier molecular flexibility index (Phi) is 22.6. The van der Waals surface area contributed by atoms with Crippen molar-refractivity contribution in [2.75, 3.05) is 6.61 Å². The van der Waals surface area contributed by atoms with E-state index in [1.165, 1.54) is 29.1 Å². The molecule has 0 aliphatic carbocycles. The van der Waals surface area contributed by atoms with Crippen LogP contribution >= 0.6 is 11.3 Å². The average molecular weight is 1660 g/mol. The van der Waals surface area contributed by atoms with Gasteiger partial charge in [0.1, 0.15) is 75.3 Å². The van der Waals surface area contributed by atoms with Crippen molar-refractivity contribution in [2.24, 2.45) is 41.4 Å². The number of alkyl halides is 4. The second kappa shape index (κ2) is 33.9. The van der Waals surface area contributed by atoms with Crippen LogP contribution in [-0.4, -0.2) is 85.6 Å². The van der Waals surface area contributed by atoms with Crippen molar-refractivity contribution in [1.29, 1.82) is 16.2 Å². The number of hydrogen-bond donors (Lipinski definition) is 13. The fourth-order valence-electron chi connectivity index (χ4n) is 13.3. The minimum atomic E-state index is -4.87. The first-order chi connectivity index (χ1) is 58.7. The van der Waals surface area contributed by atoms with Gasteiger partial charge in [0.2, 0.25) is 0 Å². The summed E-state index contributed by atoms with van der Waals surface area (Å²) < 4.78 is 82.1. The van der Waals surface area contributed by atoms with Crippen LogP contribution in [0.3, 0.4) is 0 Å². The first kappa shape index (κ1) is 81.8. The van der Waals surface area contributed by atoms with Gasteiger partial charge in [-0.05, 0) is 240 Å². The zero-order valence-electron chi connectivity index (χ0n) is 65.0. The van der Waals surface area contributed by atoms with Gasteiger partial charge in [-0.3, -0.25) is 16.2 Å². The summed E-state index contributed by atoms with van der Waals surface area (Å²) in [4.78, 5) is 38.3. The summed E-state index contributed by atoms with van der Waals surface area (Å²) in [7, 11) is 2.05. The zero-order chi connectivity index (χ0) is 85.3. The minimum absolute atomic E-state index is 0. The maximum atomic E-state index is 14.6. The van der Waals surface area contributed by atoms with Gasteiger partial charge in [-0.2, -0.15) is 17.6 Å². The van der Waals surface area contributed by atoms with Gasteiger partial charge in [0.25, 0.3) is 0 Å². The molecule has 18 rings (SSSR count). The molecular weight excluding hydrogens is 1580 g/mol. The molecule has 12 aromatic carbocycles. The maximum Gasteiger partial charge on any atom is 0.468 e. The third kappa shape index (κ3) is 17.9. The molecule has 0 amide bonds. The number of rotatable bonds is 23. The molecule has 0 radical (unpaired) electrons. The molecule has 6 aromatic heterocycles. The molecule has 612 valence electrons. The van der Waals surface area contributed by atoms with Crippen LogP contribution in [0.1, 0.15) is 40.8 Å². The summed E-state index contributed by atoms with van der Waals surface area (Å²) in [6.45, 7) is 9.66. The highest BCUT2D eigenvalue weighted by Gasteiger charge is 2.60. The van der Waals surface area contributed by atoms with Crippen molar-refractivity contribution in [3.63, 3.8) is 0 Å². The lowest BCUT2D eigenvalue weighted by atomic mass is 10.0. The van der Waals surface area contributed by atoms with Crippen LogP contribution in [0.4, 0.5) is 17.6 Å². The predicted molar refractivity (Wildman–Crippen MR) is 483 cm³/mol. The highest BCUT2D eigenvalue weighted by molar-refractivity contribution is 7.18. The average Bonchev–Trinajstić information content (AvgIpc) is 1.65. The Bertz CT molecular complexity index is 6900. The summed E-state index contributed by atoms with van der Waals surface area (Å²) in [5.41, 5.74) is 54.3. The molecule has 0 fully saturated rings. The van der Waals surface area contributed by atoms with Crippen LogP contribution in [0.15, 0.2) is 293 Å². The molecule has 0 bridgehead atoms. The van der Waals surface area contributed by atoms with Gasteiger partial charge in [-0.25, -0.2) is 24.9 Å². The number of nitrogens with one attached hydrogen (secondary N) is 7. The molecule has 0 spiro atoms. The largest absolute Gasteiger partial charge is 0.487 e. The lowest BCUT2D eigenvalue weighted by molar-refractivity contribution is -0.315. The number of hydrogen-bond acceptors (Lipinski definition) is 16. The molecule has 0 unspecified atom stereocenters. The van der Waals surface area contributed by atoms with Crippen molar-refractivity contribution in [3.8, 4) is 112 Å². The number of nitrogens with two attached hydrogens (primary N) is 6. The smallest absolute Gasteiger partial charge is 0.468 e. The molecule has 0 saturated heterocycles. The molecule has 18 aromatic rings. The van der Waals surface area contributed by atoms with Gasteiger partial charge >= 0.3 is 12.0 Å². The second-order valence-corrected chi connectivity index (χ2v) is 29.6. The van der Waals surface area contributed by atoms with Gasteiger partial charge in [0.05, 0.1) is 60.0 Å². The zero-order valence-corrected chi connectivity index (χ0v) is 65.8. The molecule has 6 heterocycles. The number of amidine groups is 3. The summed E-state index contributed by atoms with van der Waals surface area (Å²) in [6, 6.07) is 81.9. The van der Waals surface area contributed by atoms with E-state index in [0.717, 1.165) is 118 Å². The molecule has 0 atom stereocenters. The van der Waals surface area contributed by atoms with Crippen LogP contribution in [-0.2, 0) is 7.05 Å². The number of fused-ring (bicyclic) bond motifs is 5. The number of nitrogens with zero attached hydrogens (tertiary/aromatic N) is 6. The van der Waals surface area contributed by atoms with E-state index in [1.807, 2.05) is 147 Å². The third-order valence-electron chi connectivity index (χ3n) is 20.0. The summed E-state index contributed by atoms with van der Waals surface area (Å²) in [5, 5.41) is 22.8. The Morgan fingerprint density at radius 2 is 0.683 bits per heavy atom. The first-order valence-electron chi connectivity index (χ1n) is 37.8. The molecule has 23 nitrogen and oxygen atoms in total. The van der Waals surface area contributed by atoms with E-state index in [9.17, 15) is 17.6 Å². The number of aryl methyl sites for hydroxylation is 1. The van der Waals surface area contributed by atoms with E-state index in [-0.39, 0.29) is 30.7 Å². The topological polar surface area (TPSA) is 397 Å². The van der Waals surface area contributed by atoms with E-state index in [0.29, 0.717) is 96.1 Å². The fourth-order valence-corrected chi connectivity index (χ4v) is 14.3. The quantitative estimate of drug-likeness (QED) is 0.0161. The molecule has 0 aliphatic rings. The summed E-state index contributed by atoms with van der Waals surface area (Å²) >= 11 is 1.72. The van der Waals surface area contributed by atoms with E-state index < -0.39 is 24.4 Å². The number of thiophene rings is 1. The lowest BCUT2D eigenvalue weighted by Crippen LogP contribution is -2.49. The molecular formula is C95H79F4N19O4S. The van der Waals surface area contributed by atoms with Crippen molar-refractivity contribution in [2.45, 2.75) is 19.5 Å². The SMILES string of the molecule is C.C=C(N)c1ccc(-c2ccc(-c3nc4cc(-c5ccc(C(=N)N)cc5)ccc4n3C)s2)cc1.C=C(N)c1ccc2nc(-c3ccc(OC(F)(F)C(F)(F)COc4ccc(-c5nc6ccc(C(=N)N)cc6[nH]5)cc4)cc3)[nH]c2c1.C=C(N)c1ccc2nc(-c3ccc(Oc4ccc(Oc5ccc(-c6nc7ccc(C(=N)N)cc7[nH]6)cc5)cc4)cc3)[nH]c2c1. The van der Waals surface area contributed by atoms with Crippen LogP contribution in [0.5, 0.6) is 34.5 Å². The van der Waals surface area contributed by atoms with Gasteiger partial charge in [0.15, 0.2) is 12.4 Å². The highest BCUT2D eigenvalue weighted by atomic mass is 32.1. The Morgan fingerprint density at radius 1 is 0.358 bits per heavy atom. The molecule has 0 saturated carbocycles. The number of nitrogen functional groups attached to an aromatic ring is 3. The maximum absolute atomic E-state index is 14.6. The minimum Gasteiger partial charge on any atom is -0.487 e. The number of imidazole rings is 5. The Hall–Kier alpha value is -16.4. The standard InChI is InChI=1S/C35H27N7O2.C32H25F4N7O2.C27H23N5S.CH4/c1-20(36)23-6-16-29-31(18-23)41-34(39-29)21-2-8-25(9-3-21)43-27-12-14-28(15-13-27)44-26-10-4-22(5-11-26)35-40-30-17-7-24(33(37)38)19-32(30)42-35;1-17(37)20-6-12-24-26(14-20)42-30(40-24)19-4-10-23(11-5-19)45-32(35,36)31(33,34)16-44-22-8-2-18(3-9-22)29-41-25-13-7-21(28(38)39)15-27(25)43-29;1-16(28)17-3-7-19(8-4-17)24-13-14-25(33-24)27-31-22-15-21(11-12-23(22)32(27)2)18-5-9-20(10-6-18)26(29)30;/h2-19H,1,36H2,(H3,37,38)(H,39,41)(H,40,42);2-15H,1,16,37H2,(H3,38,39)(H,40,42)(H,41,43);3-15H,1,28H2,2H3,(H3,29,30);1H4. The second-order valence-electron chi connectivity index (χ2n) is 28.5. The number of ether oxygens (including phenoxy) is 4. The van der Waals surface area contributed by atoms with Crippen LogP contribution in [0.25, 0.3) is 150 Å². The Balaban J connectivity index is 0.000000144. The molecule has 28 heteroatoms. The van der Waals surface area contributed by atoms with Crippen molar-refractivity contribution >= 4 is 101 Å². The van der Waals surface area contributed by atoms with Crippen molar-refractivity contribution in [1.82, 2.24) is 49.4 Å². The summed E-state index contributed by atoms with van der Waals surface area (Å²) in [5.74, 6) is 0.951. The van der Waals surface area contributed by atoms with Crippen LogP contribution in [0, 0.1) is 16.2 Å². The van der Waals surface area contributed by atoms with E-state index in [1.54, 1.807) is 65.9 Å². The van der Waals surface area contributed by atoms with E-state index in [4.69, 9.17) is 69.8 Å². The van der Waals surface area contributed by atoms with E-state index >= 15 is 0 Å². The Labute approximate surface area is 705 Å².